The number of fused-ring (bicyclic) bond motifs is 1. The van der Waals surface area contributed by atoms with Crippen LogP contribution in [0.1, 0.15) is 15.9 Å². The van der Waals surface area contributed by atoms with Crippen LogP contribution in [0, 0.1) is 0 Å². The summed E-state index contributed by atoms with van der Waals surface area (Å²) in [5.41, 5.74) is 6.84. The van der Waals surface area contributed by atoms with Crippen LogP contribution < -0.4 is 16.3 Å². The molecule has 25 heavy (non-hydrogen) atoms. The Morgan fingerprint density at radius 1 is 1.12 bits per heavy atom. The van der Waals surface area contributed by atoms with Crippen LogP contribution in [0.25, 0.3) is 11.0 Å². The first-order valence-corrected chi connectivity index (χ1v) is 7.88. The molecule has 6 heteroatoms. The maximum atomic E-state index is 11.8. The van der Waals surface area contributed by atoms with Crippen molar-refractivity contribution in [3.05, 3.63) is 76.1 Å². The molecule has 6 nitrogen and oxygen atoms in total. The van der Waals surface area contributed by atoms with E-state index in [1.165, 1.54) is 6.07 Å². The number of aromatic carboxylic acids is 1. The van der Waals surface area contributed by atoms with Gasteiger partial charge in [0.1, 0.15) is 11.1 Å². The first-order valence-electron chi connectivity index (χ1n) is 7.88. The number of carboxylic acids is 1. The van der Waals surface area contributed by atoms with Gasteiger partial charge in [-0.25, -0.2) is 9.59 Å². The van der Waals surface area contributed by atoms with E-state index in [1.807, 2.05) is 36.4 Å². The van der Waals surface area contributed by atoms with Gasteiger partial charge in [-0.15, -0.1) is 0 Å². The van der Waals surface area contributed by atoms with E-state index in [1.54, 1.807) is 12.1 Å². The highest BCUT2D eigenvalue weighted by Gasteiger charge is 2.14. The first kappa shape index (κ1) is 16.7. The largest absolute Gasteiger partial charge is 0.477 e. The minimum absolute atomic E-state index is 0.350. The van der Waals surface area contributed by atoms with E-state index in [4.69, 9.17) is 15.3 Å². The smallest absolute Gasteiger partial charge is 0.351 e. The number of benzene rings is 2. The number of carbonyl (C=O) groups is 1. The molecule has 3 rings (SSSR count). The Bertz CT molecular complexity index is 951. The molecule has 0 atom stereocenters. The molecule has 0 aliphatic carbocycles. The van der Waals surface area contributed by atoms with Gasteiger partial charge in [-0.3, -0.25) is 0 Å². The lowest BCUT2D eigenvalue weighted by molar-refractivity contribution is 0.0692. The van der Waals surface area contributed by atoms with Gasteiger partial charge in [-0.05, 0) is 23.8 Å². The van der Waals surface area contributed by atoms with E-state index in [0.717, 1.165) is 11.3 Å². The predicted molar refractivity (Wildman–Crippen MR) is 96.0 cm³/mol. The third-order valence-corrected chi connectivity index (χ3v) is 3.93. The maximum Gasteiger partial charge on any atom is 0.351 e. The van der Waals surface area contributed by atoms with Crippen LogP contribution in [0.5, 0.6) is 0 Å². The Kier molecular flexibility index (Phi) is 4.81. The molecule has 2 aromatic carbocycles. The monoisotopic (exact) mass is 338 g/mol. The average Bonchev–Trinajstić information content (AvgIpc) is 2.61. The Labute approximate surface area is 144 Å². The molecule has 0 saturated carbocycles. The number of nitrogens with two attached hydrogens (primary N) is 1. The molecule has 1 heterocycles. The second kappa shape index (κ2) is 7.19. The Morgan fingerprint density at radius 2 is 1.88 bits per heavy atom. The summed E-state index contributed by atoms with van der Waals surface area (Å²) in [4.78, 5) is 24.9. The molecule has 0 spiro atoms. The van der Waals surface area contributed by atoms with Crippen LogP contribution in [0.2, 0.25) is 0 Å². The zero-order valence-corrected chi connectivity index (χ0v) is 13.5. The summed E-state index contributed by atoms with van der Waals surface area (Å²) in [5, 5.41) is 9.58. The zero-order chi connectivity index (χ0) is 17.8. The highest BCUT2D eigenvalue weighted by Crippen LogP contribution is 2.23. The summed E-state index contributed by atoms with van der Waals surface area (Å²) in [6, 6.07) is 16.7. The van der Waals surface area contributed by atoms with Crippen molar-refractivity contribution in [2.45, 2.75) is 6.54 Å². The van der Waals surface area contributed by atoms with Crippen molar-refractivity contribution >= 4 is 22.6 Å². The predicted octanol–water partition coefficient (Wildman–Crippen LogP) is 2.46. The molecule has 0 aliphatic heterocycles. The molecule has 0 amide bonds. The molecule has 128 valence electrons. The summed E-state index contributed by atoms with van der Waals surface area (Å²) in [7, 11) is 0. The molecular formula is C19H18N2O4. The lowest BCUT2D eigenvalue weighted by Gasteiger charge is -2.24. The summed E-state index contributed by atoms with van der Waals surface area (Å²) < 4.78 is 5.18. The fourth-order valence-corrected chi connectivity index (χ4v) is 2.70. The second-order valence-electron chi connectivity index (χ2n) is 5.67. The van der Waals surface area contributed by atoms with Gasteiger partial charge in [-0.1, -0.05) is 30.3 Å². The molecule has 0 saturated heterocycles. The van der Waals surface area contributed by atoms with Crippen LogP contribution in [0.15, 0.2) is 63.8 Å². The van der Waals surface area contributed by atoms with Crippen LogP contribution >= 0.6 is 0 Å². The summed E-state index contributed by atoms with van der Waals surface area (Å²) in [6.45, 7) is 1.78. The van der Waals surface area contributed by atoms with Gasteiger partial charge in [0, 0.05) is 36.8 Å². The number of anilines is 1. The van der Waals surface area contributed by atoms with E-state index in [0.29, 0.717) is 30.6 Å². The Hall–Kier alpha value is -3.12. The van der Waals surface area contributed by atoms with Crippen molar-refractivity contribution in [3.63, 3.8) is 0 Å². The molecule has 0 radical (unpaired) electrons. The maximum absolute atomic E-state index is 11.8. The lowest BCUT2D eigenvalue weighted by atomic mass is 10.1. The molecule has 0 fully saturated rings. The Morgan fingerprint density at radius 3 is 2.56 bits per heavy atom. The normalized spacial score (nSPS) is 10.8. The van der Waals surface area contributed by atoms with E-state index < -0.39 is 11.6 Å². The second-order valence-corrected chi connectivity index (χ2v) is 5.67. The minimum atomic E-state index is -1.30. The topological polar surface area (TPSA) is 96.8 Å². The van der Waals surface area contributed by atoms with E-state index in [2.05, 4.69) is 4.90 Å². The van der Waals surface area contributed by atoms with Gasteiger partial charge < -0.3 is 20.2 Å². The van der Waals surface area contributed by atoms with Crippen LogP contribution in [-0.2, 0) is 6.54 Å². The van der Waals surface area contributed by atoms with Gasteiger partial charge >= 0.3 is 11.6 Å². The van der Waals surface area contributed by atoms with Crippen LogP contribution in [-0.4, -0.2) is 24.2 Å². The number of hydrogen-bond donors (Lipinski definition) is 2. The summed E-state index contributed by atoms with van der Waals surface area (Å²) in [5.74, 6) is -1.30. The lowest BCUT2D eigenvalue weighted by Crippen LogP contribution is -2.28. The highest BCUT2D eigenvalue weighted by molar-refractivity contribution is 5.92. The molecule has 0 unspecified atom stereocenters. The van der Waals surface area contributed by atoms with Crippen molar-refractivity contribution in [3.8, 4) is 0 Å². The summed E-state index contributed by atoms with van der Waals surface area (Å²) in [6.07, 6.45) is 0. The van der Waals surface area contributed by atoms with Gasteiger partial charge in [0.15, 0.2) is 0 Å². The average molecular weight is 338 g/mol. The molecule has 3 N–H and O–H groups in total. The van der Waals surface area contributed by atoms with Gasteiger partial charge in [0.2, 0.25) is 0 Å². The molecule has 0 aliphatic rings. The fourth-order valence-electron chi connectivity index (χ4n) is 2.70. The van der Waals surface area contributed by atoms with E-state index in [9.17, 15) is 9.59 Å². The van der Waals surface area contributed by atoms with Gasteiger partial charge in [0.25, 0.3) is 0 Å². The minimum Gasteiger partial charge on any atom is -0.477 e. The van der Waals surface area contributed by atoms with Gasteiger partial charge in [0.05, 0.1) is 0 Å². The molecule has 0 bridgehead atoms. The van der Waals surface area contributed by atoms with Gasteiger partial charge in [-0.2, -0.15) is 0 Å². The SMILES string of the molecule is NCCN(Cc1ccccc1)c1ccc2cc(C(=O)O)c(=O)oc2c1. The van der Waals surface area contributed by atoms with Crippen molar-refractivity contribution in [1.29, 1.82) is 0 Å². The van der Waals surface area contributed by atoms with Crippen molar-refractivity contribution < 1.29 is 14.3 Å². The van der Waals surface area contributed by atoms with Crippen LogP contribution in [0.3, 0.4) is 0 Å². The quantitative estimate of drug-likeness (QED) is 0.670. The van der Waals surface area contributed by atoms with Crippen molar-refractivity contribution in [1.82, 2.24) is 0 Å². The van der Waals surface area contributed by atoms with E-state index in [-0.39, 0.29) is 5.56 Å². The zero-order valence-electron chi connectivity index (χ0n) is 13.5. The fraction of sp³-hybridized carbons (Fsp3) is 0.158. The van der Waals surface area contributed by atoms with Crippen molar-refractivity contribution in [2.24, 2.45) is 5.73 Å². The molecule has 3 aromatic rings. The third kappa shape index (κ3) is 3.70. The van der Waals surface area contributed by atoms with Crippen LogP contribution in [0.4, 0.5) is 5.69 Å². The number of hydrogen-bond acceptors (Lipinski definition) is 5. The first-order chi connectivity index (χ1) is 12.1. The number of carboxylic acid groups (broad SMARTS) is 1. The highest BCUT2D eigenvalue weighted by atomic mass is 16.4. The number of rotatable bonds is 6. The molecule has 1 aromatic heterocycles. The Balaban J connectivity index is 1.99. The standard InChI is InChI=1S/C19H18N2O4/c20-8-9-21(12-13-4-2-1-3-5-13)15-7-6-14-10-16(18(22)23)19(24)25-17(14)11-15/h1-7,10-11H,8-9,12,20H2,(H,22,23). The molecular weight excluding hydrogens is 320 g/mol. The van der Waals surface area contributed by atoms with E-state index >= 15 is 0 Å². The number of nitrogens with zero attached hydrogens (tertiary/aromatic N) is 1. The third-order valence-electron chi connectivity index (χ3n) is 3.93. The summed E-state index contributed by atoms with van der Waals surface area (Å²) >= 11 is 0. The van der Waals surface area contributed by atoms with Crippen molar-refractivity contribution in [2.75, 3.05) is 18.0 Å².